The topological polar surface area (TPSA) is 0 Å². The van der Waals surface area contributed by atoms with Gasteiger partial charge in [-0.25, -0.2) is 13.2 Å². The number of hydrogen-bond donors (Lipinski definition) is 0. The zero-order valence-corrected chi connectivity index (χ0v) is 16.1. The third-order valence-corrected chi connectivity index (χ3v) is 6.97. The van der Waals surface area contributed by atoms with E-state index in [0.29, 0.717) is 17.9 Å². The van der Waals surface area contributed by atoms with Crippen LogP contribution in [0, 0.1) is 41.1 Å². The quantitative estimate of drug-likeness (QED) is 0.459. The lowest BCUT2D eigenvalue weighted by Crippen LogP contribution is -2.18. The fraction of sp³-hybridized carbons (Fsp3) is 0.739. The number of halogens is 3. The maximum atomic E-state index is 13.3. The molecule has 0 atom stereocenters. The predicted molar refractivity (Wildman–Crippen MR) is 100 cm³/mol. The van der Waals surface area contributed by atoms with Crippen molar-refractivity contribution in [2.45, 2.75) is 84.0 Å². The minimum atomic E-state index is -1.36. The van der Waals surface area contributed by atoms with Gasteiger partial charge in [0.25, 0.3) is 0 Å². The Morgan fingerprint density at radius 1 is 0.692 bits per heavy atom. The Bertz CT molecular complexity index is 544. The molecule has 3 rings (SSSR count). The van der Waals surface area contributed by atoms with Crippen LogP contribution in [0.5, 0.6) is 0 Å². The van der Waals surface area contributed by atoms with Crippen LogP contribution in [-0.2, 0) is 6.42 Å². The van der Waals surface area contributed by atoms with Gasteiger partial charge in [-0.1, -0.05) is 71.1 Å². The van der Waals surface area contributed by atoms with E-state index in [4.69, 9.17) is 0 Å². The van der Waals surface area contributed by atoms with Gasteiger partial charge >= 0.3 is 0 Å². The molecule has 146 valence electrons. The first-order chi connectivity index (χ1) is 12.5. The molecular formula is C23H33F3. The van der Waals surface area contributed by atoms with Crippen molar-refractivity contribution in [2.75, 3.05) is 0 Å². The van der Waals surface area contributed by atoms with E-state index in [2.05, 4.69) is 6.92 Å². The summed E-state index contributed by atoms with van der Waals surface area (Å²) in [5.74, 6) is -0.0653. The number of hydrogen-bond acceptors (Lipinski definition) is 0. The molecule has 0 N–H and O–H groups in total. The smallest absolute Gasteiger partial charge is 0.194 e. The summed E-state index contributed by atoms with van der Waals surface area (Å²) < 4.78 is 39.6. The van der Waals surface area contributed by atoms with Crippen molar-refractivity contribution in [3.8, 4) is 0 Å². The van der Waals surface area contributed by atoms with Gasteiger partial charge in [-0.05, 0) is 54.2 Å². The lowest BCUT2D eigenvalue weighted by molar-refractivity contribution is 0.217. The van der Waals surface area contributed by atoms with E-state index in [1.807, 2.05) is 0 Å². The van der Waals surface area contributed by atoms with Gasteiger partial charge < -0.3 is 0 Å². The Morgan fingerprint density at radius 3 is 1.62 bits per heavy atom. The molecule has 0 heterocycles. The Labute approximate surface area is 156 Å². The summed E-state index contributed by atoms with van der Waals surface area (Å²) in [4.78, 5) is 0. The molecule has 0 aromatic heterocycles. The summed E-state index contributed by atoms with van der Waals surface area (Å²) in [7, 11) is 0. The lowest BCUT2D eigenvalue weighted by Gasteiger charge is -2.31. The summed E-state index contributed by atoms with van der Waals surface area (Å²) in [6, 6.07) is 2.30. The highest BCUT2D eigenvalue weighted by Gasteiger charge is 2.24. The highest BCUT2D eigenvalue weighted by atomic mass is 19.2. The fourth-order valence-corrected chi connectivity index (χ4v) is 5.02. The van der Waals surface area contributed by atoms with E-state index in [-0.39, 0.29) is 0 Å². The average molecular weight is 367 g/mol. The second-order valence-corrected chi connectivity index (χ2v) is 9.00. The fourth-order valence-electron chi connectivity index (χ4n) is 5.02. The SMILES string of the molecule is C[C@H]1CC[C@H](CCC2CCC(CCc3cc(F)c(F)c(F)c3)CC2)CC1. The molecule has 26 heavy (non-hydrogen) atoms. The molecular weight excluding hydrogens is 333 g/mol. The van der Waals surface area contributed by atoms with E-state index in [9.17, 15) is 13.2 Å². The summed E-state index contributed by atoms with van der Waals surface area (Å²) in [5, 5.41) is 0. The first-order valence-electron chi connectivity index (χ1n) is 10.6. The zero-order valence-electron chi connectivity index (χ0n) is 16.1. The van der Waals surface area contributed by atoms with Crippen molar-refractivity contribution in [3.05, 3.63) is 35.1 Å². The number of aryl methyl sites for hydroxylation is 1. The Hall–Kier alpha value is -0.990. The third kappa shape index (κ3) is 5.50. The highest BCUT2D eigenvalue weighted by molar-refractivity contribution is 5.19. The predicted octanol–water partition coefficient (Wildman–Crippen LogP) is 7.45. The molecule has 0 aliphatic heterocycles. The van der Waals surface area contributed by atoms with Crippen LogP contribution in [-0.4, -0.2) is 0 Å². The molecule has 1 aromatic carbocycles. The monoisotopic (exact) mass is 366 g/mol. The van der Waals surface area contributed by atoms with Gasteiger partial charge in [0.1, 0.15) is 0 Å². The molecule has 0 nitrogen and oxygen atoms in total. The first-order valence-corrected chi connectivity index (χ1v) is 10.6. The Kier molecular flexibility index (Phi) is 7.05. The van der Waals surface area contributed by atoms with Gasteiger partial charge in [0.15, 0.2) is 17.5 Å². The third-order valence-electron chi connectivity index (χ3n) is 6.97. The highest BCUT2D eigenvalue weighted by Crippen LogP contribution is 2.37. The van der Waals surface area contributed by atoms with Crippen LogP contribution in [0.25, 0.3) is 0 Å². The van der Waals surface area contributed by atoms with Crippen LogP contribution in [0.2, 0.25) is 0 Å². The summed E-state index contributed by atoms with van der Waals surface area (Å²) in [6.45, 7) is 2.38. The van der Waals surface area contributed by atoms with Gasteiger partial charge in [-0.2, -0.15) is 0 Å². The number of rotatable bonds is 6. The van der Waals surface area contributed by atoms with Gasteiger partial charge in [0.2, 0.25) is 0 Å². The standard InChI is InChI=1S/C23H33F3/c1-16-2-4-17(5-3-16)6-7-18-8-10-19(11-9-18)12-13-20-14-21(24)23(26)22(25)15-20/h14-19H,2-13H2,1H3/t16-,17-,18?,19?. The summed E-state index contributed by atoms with van der Waals surface area (Å²) in [6.07, 6.45) is 15.2. The van der Waals surface area contributed by atoms with Crippen LogP contribution in [0.3, 0.4) is 0 Å². The molecule has 2 aliphatic carbocycles. The summed E-state index contributed by atoms with van der Waals surface area (Å²) in [5.41, 5.74) is 0.579. The minimum Gasteiger partial charge on any atom is -0.204 e. The second kappa shape index (κ2) is 9.28. The van der Waals surface area contributed by atoms with Gasteiger partial charge in [-0.15, -0.1) is 0 Å². The van der Waals surface area contributed by atoms with E-state index in [1.54, 1.807) is 0 Å². The Balaban J connectivity index is 1.35. The molecule has 2 fully saturated rings. The average Bonchev–Trinajstić information content (AvgIpc) is 2.64. The second-order valence-electron chi connectivity index (χ2n) is 9.00. The van der Waals surface area contributed by atoms with Crippen molar-refractivity contribution in [2.24, 2.45) is 23.7 Å². The van der Waals surface area contributed by atoms with E-state index >= 15 is 0 Å². The molecule has 2 aliphatic rings. The first kappa shape index (κ1) is 19.8. The molecule has 0 spiro atoms. The van der Waals surface area contributed by atoms with Gasteiger partial charge in [0.05, 0.1) is 0 Å². The normalized spacial score (nSPS) is 29.7. The van der Waals surface area contributed by atoms with Gasteiger partial charge in [-0.3, -0.25) is 0 Å². The van der Waals surface area contributed by atoms with Crippen molar-refractivity contribution < 1.29 is 13.2 Å². The van der Waals surface area contributed by atoms with Crippen molar-refractivity contribution >= 4 is 0 Å². The van der Waals surface area contributed by atoms with Crippen LogP contribution < -0.4 is 0 Å². The van der Waals surface area contributed by atoms with Crippen LogP contribution >= 0.6 is 0 Å². The molecule has 0 bridgehead atoms. The van der Waals surface area contributed by atoms with E-state index in [1.165, 1.54) is 64.2 Å². The molecule has 0 radical (unpaired) electrons. The van der Waals surface area contributed by atoms with Crippen LogP contribution in [0.1, 0.15) is 83.1 Å². The van der Waals surface area contributed by atoms with Gasteiger partial charge in [0, 0.05) is 0 Å². The van der Waals surface area contributed by atoms with E-state index < -0.39 is 17.5 Å². The Morgan fingerprint density at radius 2 is 1.12 bits per heavy atom. The largest absolute Gasteiger partial charge is 0.204 e. The molecule has 0 amide bonds. The molecule has 0 unspecified atom stereocenters. The zero-order chi connectivity index (χ0) is 18.5. The molecule has 3 heteroatoms. The molecule has 1 aromatic rings. The maximum absolute atomic E-state index is 13.3. The maximum Gasteiger partial charge on any atom is 0.194 e. The van der Waals surface area contributed by atoms with Crippen molar-refractivity contribution in [1.29, 1.82) is 0 Å². The molecule has 2 saturated carbocycles. The minimum absolute atomic E-state index is 0.579. The van der Waals surface area contributed by atoms with E-state index in [0.717, 1.165) is 36.3 Å². The summed E-state index contributed by atoms with van der Waals surface area (Å²) >= 11 is 0. The molecule has 0 saturated heterocycles. The van der Waals surface area contributed by atoms with Crippen LogP contribution in [0.4, 0.5) is 13.2 Å². The lowest BCUT2D eigenvalue weighted by atomic mass is 9.75. The van der Waals surface area contributed by atoms with Crippen molar-refractivity contribution in [1.82, 2.24) is 0 Å². The van der Waals surface area contributed by atoms with Crippen LogP contribution in [0.15, 0.2) is 12.1 Å². The number of benzene rings is 1. The van der Waals surface area contributed by atoms with Crippen molar-refractivity contribution in [3.63, 3.8) is 0 Å².